The van der Waals surface area contributed by atoms with Crippen LogP contribution in [0.3, 0.4) is 0 Å². The minimum absolute atomic E-state index is 0. The Labute approximate surface area is 193 Å². The summed E-state index contributed by atoms with van der Waals surface area (Å²) in [6, 6.07) is 7.03. The molecule has 1 heterocycles. The number of halogens is 1. The van der Waals surface area contributed by atoms with Gasteiger partial charge in [0.25, 0.3) is 0 Å². The molecule has 0 spiro atoms. The van der Waals surface area contributed by atoms with E-state index in [9.17, 15) is 8.42 Å². The van der Waals surface area contributed by atoms with E-state index in [0.717, 1.165) is 54.1 Å². The van der Waals surface area contributed by atoms with E-state index >= 15 is 0 Å². The molecule has 2 N–H and O–H groups in total. The monoisotopic (exact) mass is 554 g/mol. The van der Waals surface area contributed by atoms with Gasteiger partial charge in [-0.25, -0.2) is 13.4 Å². The average molecular weight is 555 g/mol. The highest BCUT2D eigenvalue weighted by Crippen LogP contribution is 2.20. The number of aliphatic imine (C=N–C) groups is 1. The molecule has 0 unspecified atom stereocenters. The maximum atomic E-state index is 11.5. The number of thioether (sulfide) groups is 1. The van der Waals surface area contributed by atoms with Gasteiger partial charge in [0.15, 0.2) is 15.8 Å². The molecule has 0 bridgehead atoms. The van der Waals surface area contributed by atoms with E-state index in [2.05, 4.69) is 20.6 Å². The zero-order valence-electron chi connectivity index (χ0n) is 16.1. The van der Waals surface area contributed by atoms with Crippen LogP contribution in [-0.4, -0.2) is 51.0 Å². The highest BCUT2D eigenvalue weighted by atomic mass is 127. The molecule has 28 heavy (non-hydrogen) atoms. The molecule has 0 aliphatic carbocycles. The first-order chi connectivity index (χ1) is 13.0. The fraction of sp³-hybridized carbons (Fsp3) is 0.444. The van der Waals surface area contributed by atoms with Gasteiger partial charge in [-0.2, -0.15) is 0 Å². The number of thiazole rings is 1. The third-order valence-corrected chi connectivity index (χ3v) is 6.79. The van der Waals surface area contributed by atoms with E-state index in [4.69, 9.17) is 0 Å². The van der Waals surface area contributed by atoms with E-state index in [1.165, 1.54) is 6.26 Å². The van der Waals surface area contributed by atoms with Gasteiger partial charge in [-0.05, 0) is 37.5 Å². The summed E-state index contributed by atoms with van der Waals surface area (Å²) in [5.74, 6) is 1.81. The number of sulfone groups is 1. The van der Waals surface area contributed by atoms with Crippen molar-refractivity contribution in [1.29, 1.82) is 0 Å². The number of rotatable bonds is 10. The second-order valence-corrected chi connectivity index (χ2v) is 10.1. The van der Waals surface area contributed by atoms with E-state index in [1.807, 2.05) is 30.6 Å². The summed E-state index contributed by atoms with van der Waals surface area (Å²) in [6.45, 7) is 4.34. The molecule has 0 saturated heterocycles. The summed E-state index contributed by atoms with van der Waals surface area (Å²) < 4.78 is 24.1. The minimum Gasteiger partial charge on any atom is -0.357 e. The van der Waals surface area contributed by atoms with Crippen molar-refractivity contribution in [2.24, 2.45) is 4.99 Å². The largest absolute Gasteiger partial charge is 0.357 e. The number of aromatic nitrogens is 1. The van der Waals surface area contributed by atoms with Gasteiger partial charge in [0.2, 0.25) is 0 Å². The molecular weight excluding hydrogens is 527 g/mol. The van der Waals surface area contributed by atoms with Crippen LogP contribution in [0.1, 0.15) is 18.9 Å². The van der Waals surface area contributed by atoms with Crippen LogP contribution in [-0.2, 0) is 16.3 Å². The summed E-state index contributed by atoms with van der Waals surface area (Å²) in [6.07, 6.45) is 4.84. The van der Waals surface area contributed by atoms with Crippen molar-refractivity contribution in [3.8, 4) is 0 Å². The van der Waals surface area contributed by atoms with Crippen molar-refractivity contribution in [1.82, 2.24) is 15.6 Å². The van der Waals surface area contributed by atoms with Crippen LogP contribution in [0.2, 0.25) is 0 Å². The Morgan fingerprint density at radius 1 is 1.25 bits per heavy atom. The molecule has 0 aliphatic heterocycles. The lowest BCUT2D eigenvalue weighted by molar-refractivity contribution is 0.602. The number of benzene rings is 1. The zero-order chi connectivity index (χ0) is 19.5. The fourth-order valence-electron chi connectivity index (χ4n) is 2.27. The first-order valence-corrected chi connectivity index (χ1v) is 12.6. The van der Waals surface area contributed by atoms with Crippen molar-refractivity contribution in [2.75, 3.05) is 31.6 Å². The van der Waals surface area contributed by atoms with Crippen molar-refractivity contribution < 1.29 is 8.42 Å². The van der Waals surface area contributed by atoms with Gasteiger partial charge in [0.1, 0.15) is 4.34 Å². The third kappa shape index (κ3) is 9.57. The number of hydrogen-bond donors (Lipinski definition) is 2. The highest BCUT2D eigenvalue weighted by Gasteiger charge is 2.06. The number of nitrogens with one attached hydrogen (secondary N) is 2. The predicted octanol–water partition coefficient (Wildman–Crippen LogP) is 3.44. The lowest BCUT2D eigenvalue weighted by Crippen LogP contribution is -2.38. The maximum Gasteiger partial charge on any atom is 0.191 e. The van der Waals surface area contributed by atoms with E-state index in [1.54, 1.807) is 35.2 Å². The topological polar surface area (TPSA) is 83.4 Å². The Kier molecular flexibility index (Phi) is 12.0. The molecule has 156 valence electrons. The normalized spacial score (nSPS) is 11.7. The van der Waals surface area contributed by atoms with E-state index in [-0.39, 0.29) is 24.0 Å². The molecule has 1 aromatic heterocycles. The van der Waals surface area contributed by atoms with Crippen LogP contribution >= 0.6 is 47.1 Å². The summed E-state index contributed by atoms with van der Waals surface area (Å²) in [4.78, 5) is 9.20. The van der Waals surface area contributed by atoms with Crippen LogP contribution in [0.25, 0.3) is 0 Å². The Hall–Kier alpha value is -0.850. The molecule has 0 amide bonds. The summed E-state index contributed by atoms with van der Waals surface area (Å²) in [7, 11) is -3.14. The van der Waals surface area contributed by atoms with E-state index < -0.39 is 9.84 Å². The Morgan fingerprint density at radius 2 is 2.00 bits per heavy atom. The summed E-state index contributed by atoms with van der Waals surface area (Å²) in [5, 5.41) is 8.56. The van der Waals surface area contributed by atoms with Gasteiger partial charge in [-0.3, -0.25) is 4.99 Å². The minimum atomic E-state index is -3.14. The second-order valence-electron chi connectivity index (χ2n) is 5.85. The Bertz CT molecular complexity index is 810. The smallest absolute Gasteiger partial charge is 0.191 e. The molecular formula is C18H27IN4O2S3. The number of hydrogen-bond acceptors (Lipinski definition) is 6. The van der Waals surface area contributed by atoms with Gasteiger partial charge >= 0.3 is 0 Å². The Balaban J connectivity index is 0.00000392. The number of guanidine groups is 1. The number of nitrogens with zero attached hydrogens (tertiary/aromatic N) is 2. The summed E-state index contributed by atoms with van der Waals surface area (Å²) in [5.41, 5.74) is 1.09. The first-order valence-electron chi connectivity index (χ1n) is 8.82. The molecule has 2 aromatic rings. The van der Waals surface area contributed by atoms with Gasteiger partial charge in [-0.15, -0.1) is 35.3 Å². The van der Waals surface area contributed by atoms with Gasteiger partial charge in [0.05, 0.1) is 4.90 Å². The van der Waals surface area contributed by atoms with Crippen molar-refractivity contribution in [2.45, 2.75) is 29.0 Å². The third-order valence-electron chi connectivity index (χ3n) is 3.61. The van der Waals surface area contributed by atoms with Gasteiger partial charge in [-0.1, -0.05) is 23.9 Å². The predicted molar refractivity (Wildman–Crippen MR) is 130 cm³/mol. The fourth-order valence-corrected chi connectivity index (χ4v) is 4.53. The second kappa shape index (κ2) is 13.4. The van der Waals surface area contributed by atoms with Crippen LogP contribution in [0, 0.1) is 0 Å². The van der Waals surface area contributed by atoms with Gasteiger partial charge in [0, 0.05) is 43.2 Å². The first kappa shape index (κ1) is 25.2. The van der Waals surface area contributed by atoms with Crippen LogP contribution in [0.4, 0.5) is 0 Å². The van der Waals surface area contributed by atoms with Crippen LogP contribution in [0.5, 0.6) is 0 Å². The van der Waals surface area contributed by atoms with Gasteiger partial charge < -0.3 is 10.6 Å². The van der Waals surface area contributed by atoms with Crippen molar-refractivity contribution in [3.05, 3.63) is 41.4 Å². The molecule has 2 rings (SSSR count). The lowest BCUT2D eigenvalue weighted by atomic mass is 10.1. The molecule has 0 radical (unpaired) electrons. The Morgan fingerprint density at radius 3 is 2.61 bits per heavy atom. The van der Waals surface area contributed by atoms with Crippen molar-refractivity contribution in [3.63, 3.8) is 0 Å². The molecule has 0 aliphatic rings. The average Bonchev–Trinajstić information content (AvgIpc) is 3.14. The molecule has 0 fully saturated rings. The maximum absolute atomic E-state index is 11.5. The van der Waals surface area contributed by atoms with Crippen LogP contribution < -0.4 is 10.6 Å². The van der Waals surface area contributed by atoms with Crippen molar-refractivity contribution >= 4 is 62.9 Å². The lowest BCUT2D eigenvalue weighted by Gasteiger charge is -2.11. The molecule has 0 saturated carbocycles. The zero-order valence-corrected chi connectivity index (χ0v) is 20.8. The van der Waals surface area contributed by atoms with Crippen LogP contribution in [0.15, 0.2) is 50.1 Å². The summed E-state index contributed by atoms with van der Waals surface area (Å²) >= 11 is 3.43. The molecule has 0 atom stereocenters. The molecule has 10 heteroatoms. The SMILES string of the molecule is CCNC(=NCCCSc1nccs1)NCCc1ccc(S(C)(=O)=O)cc1.I. The van der Waals surface area contributed by atoms with E-state index in [0.29, 0.717) is 4.90 Å². The molecule has 6 nitrogen and oxygen atoms in total. The quantitative estimate of drug-likeness (QED) is 0.154. The standard InChI is InChI=1S/C18H26N4O2S3.HI/c1-3-19-17(20-10-4-13-25-18-22-12-14-26-18)21-11-9-15-5-7-16(8-6-15)27(2,23)24;/h5-8,12,14H,3-4,9-11,13H2,1-2H3,(H2,19,20,21);1H. The highest BCUT2D eigenvalue weighted by molar-refractivity contribution is 14.0. The molecule has 1 aromatic carbocycles.